The molecule has 3 aliphatic rings. The van der Waals surface area contributed by atoms with Crippen LogP contribution in [0, 0.1) is 0 Å². The molecule has 0 aliphatic carbocycles. The van der Waals surface area contributed by atoms with Crippen LogP contribution in [0.3, 0.4) is 0 Å². The predicted octanol–water partition coefficient (Wildman–Crippen LogP) is 1.29. The summed E-state index contributed by atoms with van der Waals surface area (Å²) < 4.78 is 53.5. The summed E-state index contributed by atoms with van der Waals surface area (Å²) in [6.45, 7) is 1.07. The first-order valence-electron chi connectivity index (χ1n) is 9.31. The summed E-state index contributed by atoms with van der Waals surface area (Å²) in [5.41, 5.74) is 0. The molecule has 1 N–H and O–H groups in total. The van der Waals surface area contributed by atoms with Crippen molar-refractivity contribution in [1.82, 2.24) is 25.1 Å². The van der Waals surface area contributed by atoms with Crippen molar-refractivity contribution in [2.75, 3.05) is 50.7 Å². The molecule has 0 saturated carbocycles. The van der Waals surface area contributed by atoms with Gasteiger partial charge in [-0.05, 0) is 12.5 Å². The van der Waals surface area contributed by atoms with Gasteiger partial charge in [-0.3, -0.25) is 9.69 Å². The van der Waals surface area contributed by atoms with Crippen molar-refractivity contribution < 1.29 is 22.4 Å². The van der Waals surface area contributed by atoms with Gasteiger partial charge in [0.1, 0.15) is 0 Å². The van der Waals surface area contributed by atoms with E-state index in [-0.39, 0.29) is 30.9 Å². The Kier molecular flexibility index (Phi) is 7.76. The molecule has 1 aromatic heterocycles. The molecule has 3 saturated heterocycles. The van der Waals surface area contributed by atoms with Gasteiger partial charge in [0, 0.05) is 51.2 Å². The number of nitrogens with zero attached hydrogens (tertiary/aromatic N) is 5. The number of amides is 1. The summed E-state index contributed by atoms with van der Waals surface area (Å²) in [5, 5.41) is 3.02. The van der Waals surface area contributed by atoms with Crippen molar-refractivity contribution in [2.24, 2.45) is 0 Å². The van der Waals surface area contributed by atoms with Gasteiger partial charge >= 0.3 is 11.8 Å². The molecule has 1 aromatic rings. The smallest absolute Gasteiger partial charge is 0.329 e. The molecule has 0 radical (unpaired) electrons. The standard InChI is InChI=1S/C17H22F4N6O.2ClH/c18-16(19)10-27(11-17(16,20)21)14(28)13-8-12(9-24-13)25-4-6-26(7-5-25)15-22-2-1-3-23-15;;/h1-3,12-13,24H,4-11H2;2*1H. The molecule has 3 fully saturated rings. The van der Waals surface area contributed by atoms with Gasteiger partial charge in [-0.25, -0.2) is 9.97 Å². The van der Waals surface area contributed by atoms with Crippen LogP contribution in [-0.2, 0) is 4.79 Å². The second-order valence-electron chi connectivity index (χ2n) is 7.53. The van der Waals surface area contributed by atoms with Gasteiger partial charge in [0.05, 0.1) is 19.1 Å². The topological polar surface area (TPSA) is 64.6 Å². The Balaban J connectivity index is 0.00000160. The first kappa shape index (κ1) is 24.8. The molecule has 2 unspecified atom stereocenters. The van der Waals surface area contributed by atoms with E-state index >= 15 is 0 Å². The summed E-state index contributed by atoms with van der Waals surface area (Å²) in [6.07, 6.45) is 3.81. The fraction of sp³-hybridized carbons (Fsp3) is 0.706. The minimum absolute atomic E-state index is 0. The largest absolute Gasteiger partial charge is 0.338 e. The lowest BCUT2D eigenvalue weighted by molar-refractivity contribution is -0.172. The lowest BCUT2D eigenvalue weighted by Crippen LogP contribution is -2.51. The minimum Gasteiger partial charge on any atom is -0.338 e. The molecule has 170 valence electrons. The lowest BCUT2D eigenvalue weighted by Gasteiger charge is -2.37. The number of halogens is 6. The van der Waals surface area contributed by atoms with Gasteiger partial charge in [-0.15, -0.1) is 24.8 Å². The summed E-state index contributed by atoms with van der Waals surface area (Å²) in [7, 11) is 0. The Morgan fingerprint density at radius 3 is 2.13 bits per heavy atom. The van der Waals surface area contributed by atoms with Crippen molar-refractivity contribution in [3.8, 4) is 0 Å². The molecular weight excluding hydrogens is 451 g/mol. The van der Waals surface area contributed by atoms with E-state index in [1.807, 2.05) is 0 Å². The molecule has 0 spiro atoms. The van der Waals surface area contributed by atoms with Gasteiger partial charge in [0.25, 0.3) is 0 Å². The zero-order chi connectivity index (χ0) is 19.9. The number of aromatic nitrogens is 2. The maximum Gasteiger partial charge on any atom is 0.329 e. The monoisotopic (exact) mass is 474 g/mol. The molecule has 3 aliphatic heterocycles. The maximum absolute atomic E-state index is 13.4. The van der Waals surface area contributed by atoms with Crippen molar-refractivity contribution >= 4 is 36.7 Å². The number of rotatable bonds is 3. The second-order valence-corrected chi connectivity index (χ2v) is 7.53. The van der Waals surface area contributed by atoms with Crippen LogP contribution in [0.15, 0.2) is 18.5 Å². The van der Waals surface area contributed by atoms with E-state index in [1.165, 1.54) is 0 Å². The van der Waals surface area contributed by atoms with Gasteiger partial charge in [0.15, 0.2) is 0 Å². The summed E-state index contributed by atoms with van der Waals surface area (Å²) >= 11 is 0. The number of anilines is 1. The number of hydrogen-bond acceptors (Lipinski definition) is 6. The van der Waals surface area contributed by atoms with Crippen LogP contribution < -0.4 is 10.2 Å². The molecule has 4 heterocycles. The number of hydrogen-bond donors (Lipinski definition) is 1. The van der Waals surface area contributed by atoms with Crippen LogP contribution in [0.4, 0.5) is 23.5 Å². The third-order valence-corrected chi connectivity index (χ3v) is 5.70. The van der Waals surface area contributed by atoms with E-state index in [4.69, 9.17) is 0 Å². The highest BCUT2D eigenvalue weighted by Gasteiger charge is 2.64. The average Bonchev–Trinajstić information content (AvgIpc) is 3.25. The Morgan fingerprint density at radius 2 is 1.57 bits per heavy atom. The number of alkyl halides is 4. The lowest BCUT2D eigenvalue weighted by atomic mass is 10.1. The number of likely N-dealkylation sites (tertiary alicyclic amines) is 1. The predicted molar refractivity (Wildman–Crippen MR) is 107 cm³/mol. The van der Waals surface area contributed by atoms with Crippen molar-refractivity contribution in [1.29, 1.82) is 0 Å². The molecule has 30 heavy (non-hydrogen) atoms. The third-order valence-electron chi connectivity index (χ3n) is 5.70. The van der Waals surface area contributed by atoms with Crippen LogP contribution in [0.2, 0.25) is 0 Å². The van der Waals surface area contributed by atoms with E-state index in [0.717, 1.165) is 26.2 Å². The molecule has 0 bridgehead atoms. The van der Waals surface area contributed by atoms with Gasteiger partial charge in [-0.1, -0.05) is 0 Å². The SMILES string of the molecule is Cl.Cl.O=C(C1CC(N2CCN(c3ncccn3)CC2)CN1)N1CC(F)(F)C(F)(F)C1. The average molecular weight is 475 g/mol. The fourth-order valence-corrected chi connectivity index (χ4v) is 4.07. The van der Waals surface area contributed by atoms with Crippen molar-refractivity contribution in [2.45, 2.75) is 30.3 Å². The van der Waals surface area contributed by atoms with Gasteiger partial charge < -0.3 is 15.1 Å². The zero-order valence-electron chi connectivity index (χ0n) is 16.0. The van der Waals surface area contributed by atoms with E-state index < -0.39 is 36.9 Å². The first-order chi connectivity index (χ1) is 13.3. The second kappa shape index (κ2) is 9.37. The zero-order valence-corrected chi connectivity index (χ0v) is 17.6. The summed E-state index contributed by atoms with van der Waals surface area (Å²) in [5.74, 6) is -8.33. The highest BCUT2D eigenvalue weighted by atomic mass is 35.5. The first-order valence-corrected chi connectivity index (χ1v) is 9.31. The number of piperazine rings is 1. The Labute approximate surface area is 184 Å². The van der Waals surface area contributed by atoms with Crippen molar-refractivity contribution in [3.05, 3.63) is 18.5 Å². The molecule has 0 aromatic carbocycles. The van der Waals surface area contributed by atoms with Crippen LogP contribution in [0.25, 0.3) is 0 Å². The molecule has 1 amide bonds. The Morgan fingerprint density at radius 1 is 1.00 bits per heavy atom. The van der Waals surface area contributed by atoms with Gasteiger partial charge in [0.2, 0.25) is 11.9 Å². The maximum atomic E-state index is 13.4. The van der Waals surface area contributed by atoms with Gasteiger partial charge in [-0.2, -0.15) is 17.6 Å². The molecular formula is C17H24Cl2F4N6O. The summed E-state index contributed by atoms with van der Waals surface area (Å²) in [4.78, 5) is 25.8. The van der Waals surface area contributed by atoms with Crippen LogP contribution in [0.5, 0.6) is 0 Å². The quantitative estimate of drug-likeness (QED) is 0.665. The summed E-state index contributed by atoms with van der Waals surface area (Å²) in [6, 6.07) is 1.12. The van der Waals surface area contributed by atoms with Crippen LogP contribution in [-0.4, -0.2) is 95.4 Å². The minimum atomic E-state index is -4.17. The van der Waals surface area contributed by atoms with E-state index in [0.29, 0.717) is 23.8 Å². The highest BCUT2D eigenvalue weighted by molar-refractivity contribution is 5.85. The molecule has 2 atom stereocenters. The Bertz CT molecular complexity index is 707. The Hall–Kier alpha value is -1.43. The van der Waals surface area contributed by atoms with Crippen LogP contribution >= 0.6 is 24.8 Å². The van der Waals surface area contributed by atoms with E-state index in [9.17, 15) is 22.4 Å². The van der Waals surface area contributed by atoms with E-state index in [1.54, 1.807) is 18.5 Å². The molecule has 7 nitrogen and oxygen atoms in total. The molecule has 13 heteroatoms. The highest BCUT2D eigenvalue weighted by Crippen LogP contribution is 2.41. The normalized spacial score (nSPS) is 28.0. The number of carbonyl (C=O) groups excluding carboxylic acids is 1. The number of carbonyl (C=O) groups is 1. The van der Waals surface area contributed by atoms with Crippen molar-refractivity contribution in [3.63, 3.8) is 0 Å². The molecule has 4 rings (SSSR count). The van der Waals surface area contributed by atoms with E-state index in [2.05, 4.69) is 25.1 Å². The fourth-order valence-electron chi connectivity index (χ4n) is 4.07. The van der Waals surface area contributed by atoms with Crippen LogP contribution in [0.1, 0.15) is 6.42 Å². The third kappa shape index (κ3) is 4.74. The number of nitrogens with one attached hydrogen (secondary N) is 1.